The molecule has 1 aromatic carbocycles. The van der Waals surface area contributed by atoms with E-state index in [1.165, 1.54) is 23.0 Å². The number of aromatic nitrogens is 3. The van der Waals surface area contributed by atoms with E-state index in [-0.39, 0.29) is 17.3 Å². The summed E-state index contributed by atoms with van der Waals surface area (Å²) in [5, 5.41) is 6.62. The summed E-state index contributed by atoms with van der Waals surface area (Å²) in [7, 11) is -4.91. The maximum absolute atomic E-state index is 13.8. The third-order valence-corrected chi connectivity index (χ3v) is 5.17. The molecule has 0 saturated carbocycles. The van der Waals surface area contributed by atoms with Crippen molar-refractivity contribution in [2.75, 3.05) is 11.1 Å². The molecule has 1 unspecified atom stereocenters. The highest BCUT2D eigenvalue weighted by Gasteiger charge is 2.18. The van der Waals surface area contributed by atoms with E-state index < -0.39 is 26.2 Å². The Bertz CT molecular complexity index is 1340. The van der Waals surface area contributed by atoms with Gasteiger partial charge in [-0.1, -0.05) is 17.3 Å². The highest BCUT2D eigenvalue weighted by atomic mass is 31.2. The van der Waals surface area contributed by atoms with E-state index in [9.17, 15) is 18.2 Å². The number of nitrogens with one attached hydrogen (secondary N) is 1. The predicted molar refractivity (Wildman–Crippen MR) is 114 cm³/mol. The van der Waals surface area contributed by atoms with Crippen molar-refractivity contribution in [3.05, 3.63) is 83.8 Å². The summed E-state index contributed by atoms with van der Waals surface area (Å²) in [6.45, 7) is -0.513. The van der Waals surface area contributed by atoms with Crippen LogP contribution in [0.5, 0.6) is 0 Å². The Morgan fingerprint density at radius 1 is 1.21 bits per heavy atom. The minimum Gasteiger partial charge on any atom is -0.756 e. The van der Waals surface area contributed by atoms with Crippen molar-refractivity contribution in [1.82, 2.24) is 10.1 Å². The lowest BCUT2D eigenvalue weighted by Crippen LogP contribution is -2.38. The molecule has 13 heteroatoms. The van der Waals surface area contributed by atoms with Crippen LogP contribution in [-0.2, 0) is 22.2 Å². The maximum Gasteiger partial charge on any atom is 0.285 e. The van der Waals surface area contributed by atoms with E-state index in [2.05, 4.69) is 20.0 Å². The largest absolute Gasteiger partial charge is 0.756 e. The van der Waals surface area contributed by atoms with Crippen molar-refractivity contribution in [2.45, 2.75) is 13.2 Å². The van der Waals surface area contributed by atoms with E-state index in [1.54, 1.807) is 30.3 Å². The minimum atomic E-state index is -4.91. The first-order chi connectivity index (χ1) is 16.2. The van der Waals surface area contributed by atoms with Crippen molar-refractivity contribution < 1.29 is 36.7 Å². The molecule has 10 nitrogen and oxygen atoms in total. The lowest BCUT2D eigenvalue weighted by atomic mass is 10.1. The van der Waals surface area contributed by atoms with Crippen LogP contribution in [0.3, 0.4) is 0 Å². The van der Waals surface area contributed by atoms with Gasteiger partial charge in [-0.2, -0.15) is 0 Å². The van der Waals surface area contributed by atoms with Crippen LogP contribution >= 0.6 is 7.82 Å². The number of phosphoric ester groups is 1. The summed E-state index contributed by atoms with van der Waals surface area (Å²) in [6, 6.07) is 11.8. The molecule has 3 aromatic heterocycles. The average molecular weight is 489 g/mol. The Balaban J connectivity index is 1.46. The Morgan fingerprint density at radius 2 is 1.97 bits per heavy atom. The number of para-hydroxylation sites is 1. The number of halogens is 2. The first-order valence-electron chi connectivity index (χ1n) is 9.78. The Labute approximate surface area is 191 Å². The standard InChI is InChI=1S/C21H18F2N5O5P/c22-16-4-1-5-17(23)20(16)26-19-7-6-13(11-25-19)9-14-10-18(33-27-14)15-3-2-8-28(21(15)24)12-32-34(29,30)31/h1-8,10-11,24H,9,12H2,(H3,25,26,29,30,31). The van der Waals surface area contributed by atoms with Crippen LogP contribution in [0.15, 0.2) is 65.4 Å². The molecule has 0 bridgehead atoms. The Morgan fingerprint density at radius 3 is 2.65 bits per heavy atom. The summed E-state index contributed by atoms with van der Waals surface area (Å²) >= 11 is 0. The molecule has 0 radical (unpaired) electrons. The van der Waals surface area contributed by atoms with Crippen molar-refractivity contribution in [2.24, 2.45) is 0 Å². The van der Waals surface area contributed by atoms with Crippen LogP contribution in [0.1, 0.15) is 11.3 Å². The molecule has 0 aliphatic rings. The molecule has 4 aromatic rings. The number of nitrogens with zero attached hydrogens (tertiary/aromatic N) is 3. The number of phosphoric acid groups is 1. The van der Waals surface area contributed by atoms with E-state index in [4.69, 9.17) is 15.2 Å². The third-order valence-electron chi connectivity index (χ3n) is 4.72. The topological polar surface area (TPSA) is 150 Å². The van der Waals surface area contributed by atoms with Gasteiger partial charge in [-0.25, -0.2) is 18.3 Å². The summed E-state index contributed by atoms with van der Waals surface area (Å²) in [5.74, 6) is -0.726. The summed E-state index contributed by atoms with van der Waals surface area (Å²) in [4.78, 5) is 23.8. The van der Waals surface area contributed by atoms with Crippen LogP contribution in [0.4, 0.5) is 26.1 Å². The Hall–Kier alpha value is -3.70. The highest BCUT2D eigenvalue weighted by molar-refractivity contribution is 7.44. The van der Waals surface area contributed by atoms with Gasteiger partial charge in [-0.3, -0.25) is 14.8 Å². The molecule has 4 rings (SSSR count). The summed E-state index contributed by atoms with van der Waals surface area (Å²) in [5.41, 5.74) is 7.53. The van der Waals surface area contributed by atoms with Crippen LogP contribution in [0.25, 0.3) is 11.3 Å². The summed E-state index contributed by atoms with van der Waals surface area (Å²) < 4.78 is 49.4. The van der Waals surface area contributed by atoms with Gasteiger partial charge >= 0.3 is 0 Å². The van der Waals surface area contributed by atoms with Crippen LogP contribution in [0.2, 0.25) is 0 Å². The van der Waals surface area contributed by atoms with E-state index in [0.717, 1.165) is 17.7 Å². The molecule has 0 fully saturated rings. The maximum atomic E-state index is 13.8. The smallest absolute Gasteiger partial charge is 0.285 e. The molecule has 176 valence electrons. The third kappa shape index (κ3) is 5.61. The van der Waals surface area contributed by atoms with Gasteiger partial charge in [0.05, 0.1) is 11.9 Å². The molecule has 4 N–H and O–H groups in total. The van der Waals surface area contributed by atoms with Gasteiger partial charge in [0.1, 0.15) is 28.7 Å². The van der Waals surface area contributed by atoms with Gasteiger partial charge in [0.15, 0.2) is 12.5 Å². The zero-order valence-electron chi connectivity index (χ0n) is 17.4. The van der Waals surface area contributed by atoms with Gasteiger partial charge in [-0.05, 0) is 35.9 Å². The van der Waals surface area contributed by atoms with E-state index in [1.807, 2.05) is 0 Å². The van der Waals surface area contributed by atoms with Crippen LogP contribution in [-0.4, -0.2) is 15.0 Å². The fraction of sp³-hybridized carbons (Fsp3) is 0.0952. The van der Waals surface area contributed by atoms with Gasteiger partial charge in [0.2, 0.25) is 0 Å². The summed E-state index contributed by atoms with van der Waals surface area (Å²) in [6.07, 6.45) is 3.36. The second-order valence-electron chi connectivity index (χ2n) is 7.14. The molecule has 0 spiro atoms. The molecule has 0 amide bonds. The Kier molecular flexibility index (Phi) is 6.66. The minimum absolute atomic E-state index is 0.135. The monoisotopic (exact) mass is 489 g/mol. The number of benzene rings is 1. The molecule has 1 atom stereocenters. The number of rotatable bonds is 8. The van der Waals surface area contributed by atoms with Crippen molar-refractivity contribution in [3.63, 3.8) is 0 Å². The van der Waals surface area contributed by atoms with Gasteiger partial charge in [0.25, 0.3) is 13.6 Å². The second-order valence-corrected chi connectivity index (χ2v) is 8.33. The fourth-order valence-electron chi connectivity index (χ4n) is 3.10. The average Bonchev–Trinajstić information content (AvgIpc) is 3.24. The zero-order chi connectivity index (χ0) is 24.3. The first kappa shape index (κ1) is 23.5. The van der Waals surface area contributed by atoms with Crippen molar-refractivity contribution in [3.8, 4) is 11.3 Å². The first-order valence-corrected chi connectivity index (χ1v) is 11.3. The molecule has 0 aliphatic heterocycles. The zero-order valence-corrected chi connectivity index (χ0v) is 18.3. The SMILES string of the molecule is Nc1c(-c2cc(Cc3ccc(Nc4c(F)cccc4F)nc3)no2)ccc[n+]1COP(=O)([O-])O. The number of pyridine rings is 2. The highest BCUT2D eigenvalue weighted by Crippen LogP contribution is 2.30. The quantitative estimate of drug-likeness (QED) is 0.251. The van der Waals surface area contributed by atoms with Gasteiger partial charge < -0.3 is 19.6 Å². The molecule has 0 saturated heterocycles. The molecule has 0 aliphatic carbocycles. The van der Waals surface area contributed by atoms with Crippen LogP contribution < -0.4 is 20.5 Å². The number of hydrogen-bond donors (Lipinski definition) is 3. The van der Waals surface area contributed by atoms with Gasteiger partial charge in [0, 0.05) is 18.7 Å². The molecule has 3 heterocycles. The predicted octanol–water partition coefficient (Wildman–Crippen LogP) is 2.65. The second kappa shape index (κ2) is 9.65. The van der Waals surface area contributed by atoms with Gasteiger partial charge in [-0.15, -0.1) is 0 Å². The molecule has 34 heavy (non-hydrogen) atoms. The van der Waals surface area contributed by atoms with Crippen molar-refractivity contribution in [1.29, 1.82) is 0 Å². The number of anilines is 3. The van der Waals surface area contributed by atoms with Crippen LogP contribution in [0, 0.1) is 11.6 Å². The van der Waals surface area contributed by atoms with E-state index >= 15 is 0 Å². The van der Waals surface area contributed by atoms with E-state index in [0.29, 0.717) is 23.4 Å². The molecular weight excluding hydrogens is 471 g/mol. The fourth-order valence-corrected chi connectivity index (χ4v) is 3.37. The number of nitrogen functional groups attached to an aromatic ring is 1. The lowest BCUT2D eigenvalue weighted by molar-refractivity contribution is -0.712. The number of hydrogen-bond acceptors (Lipinski definition) is 8. The number of nitrogens with two attached hydrogens (primary N) is 1. The molecular formula is C21H18F2N5O5P. The van der Waals surface area contributed by atoms with Crippen molar-refractivity contribution >= 4 is 25.1 Å². The normalized spacial score (nSPS) is 12.9. The lowest BCUT2D eigenvalue weighted by Gasteiger charge is -2.14.